The van der Waals surface area contributed by atoms with E-state index in [4.69, 9.17) is 0 Å². The zero-order valence-electron chi connectivity index (χ0n) is 13.1. The van der Waals surface area contributed by atoms with Crippen molar-refractivity contribution in [3.8, 4) is 5.75 Å². The molecule has 2 N–H and O–H groups in total. The molecule has 1 aliphatic rings. The number of carbonyl (C=O) groups excluding carboxylic acids is 2. The lowest BCUT2D eigenvalue weighted by Crippen LogP contribution is -2.34. The van der Waals surface area contributed by atoms with E-state index in [-0.39, 0.29) is 23.5 Å². The molecule has 3 rings (SSSR count). The quantitative estimate of drug-likeness (QED) is 0.912. The molecule has 0 aromatic heterocycles. The molecule has 0 radical (unpaired) electrons. The van der Waals surface area contributed by atoms with Gasteiger partial charge >= 0.3 is 0 Å². The van der Waals surface area contributed by atoms with Crippen LogP contribution in [0.4, 0.5) is 0 Å². The minimum absolute atomic E-state index is 0.00931. The van der Waals surface area contributed by atoms with Crippen LogP contribution < -0.4 is 5.32 Å². The maximum atomic E-state index is 12.8. The molecule has 2 amide bonds. The Hall–Kier alpha value is -2.56. The lowest BCUT2D eigenvalue weighted by atomic mass is 10.0. The van der Waals surface area contributed by atoms with E-state index in [1.54, 1.807) is 17.0 Å². The van der Waals surface area contributed by atoms with E-state index in [0.29, 0.717) is 31.6 Å². The molecule has 1 aliphatic heterocycles. The largest absolute Gasteiger partial charge is 0.507 e. The van der Waals surface area contributed by atoms with Gasteiger partial charge in [-0.2, -0.15) is 0 Å². The van der Waals surface area contributed by atoms with Crippen LogP contribution in [0, 0.1) is 5.92 Å². The van der Waals surface area contributed by atoms with Crippen molar-refractivity contribution in [1.82, 2.24) is 10.2 Å². The number of hydrogen-bond acceptors (Lipinski definition) is 3. The summed E-state index contributed by atoms with van der Waals surface area (Å²) in [6.45, 7) is 3.40. The third-order valence-corrected chi connectivity index (χ3v) is 4.32. The molecule has 1 saturated heterocycles. The lowest BCUT2D eigenvalue weighted by molar-refractivity contribution is -0.124. The molecule has 0 unspecified atom stereocenters. The summed E-state index contributed by atoms with van der Waals surface area (Å²) in [5, 5.41) is 14.6. The highest BCUT2D eigenvalue weighted by atomic mass is 16.3. The molecule has 120 valence electrons. The van der Waals surface area contributed by atoms with Gasteiger partial charge in [0, 0.05) is 19.6 Å². The molecule has 5 nitrogen and oxygen atoms in total. The number of hydrogen-bond donors (Lipinski definition) is 2. The first kappa shape index (κ1) is 15.3. The SMILES string of the molecule is CCNC(=O)[C@H]1CCN(C(=O)c2c(O)ccc3ccccc23)C1. The Morgan fingerprint density at radius 3 is 2.83 bits per heavy atom. The van der Waals surface area contributed by atoms with Crippen molar-refractivity contribution in [3.05, 3.63) is 42.0 Å². The van der Waals surface area contributed by atoms with E-state index in [1.807, 2.05) is 31.2 Å². The van der Waals surface area contributed by atoms with Crippen molar-refractivity contribution in [2.75, 3.05) is 19.6 Å². The predicted molar refractivity (Wildman–Crippen MR) is 88.3 cm³/mol. The van der Waals surface area contributed by atoms with Gasteiger partial charge < -0.3 is 15.3 Å². The van der Waals surface area contributed by atoms with E-state index in [9.17, 15) is 14.7 Å². The monoisotopic (exact) mass is 312 g/mol. The standard InChI is InChI=1S/C18H20N2O3/c1-2-19-17(22)13-9-10-20(11-13)18(23)16-14-6-4-3-5-12(14)7-8-15(16)21/h3-8,13,21H,2,9-11H2,1H3,(H,19,22)/t13-/m0/s1. The number of amides is 2. The van der Waals surface area contributed by atoms with Gasteiger partial charge in [-0.05, 0) is 30.2 Å². The smallest absolute Gasteiger partial charge is 0.258 e. The molecular weight excluding hydrogens is 292 g/mol. The molecule has 2 aromatic rings. The number of fused-ring (bicyclic) bond motifs is 1. The average molecular weight is 312 g/mol. The van der Waals surface area contributed by atoms with Crippen LogP contribution in [0.1, 0.15) is 23.7 Å². The first-order valence-corrected chi connectivity index (χ1v) is 7.89. The predicted octanol–water partition coefficient (Wildman–Crippen LogP) is 2.14. The summed E-state index contributed by atoms with van der Waals surface area (Å²) in [4.78, 5) is 26.4. The minimum atomic E-state index is -0.217. The van der Waals surface area contributed by atoms with E-state index < -0.39 is 0 Å². The molecule has 0 bridgehead atoms. The summed E-state index contributed by atoms with van der Waals surface area (Å²) in [5.41, 5.74) is 0.319. The van der Waals surface area contributed by atoms with Crippen molar-refractivity contribution in [2.45, 2.75) is 13.3 Å². The lowest BCUT2D eigenvalue weighted by Gasteiger charge is -2.18. The second-order valence-electron chi connectivity index (χ2n) is 5.81. The average Bonchev–Trinajstić information content (AvgIpc) is 3.04. The molecule has 5 heteroatoms. The zero-order valence-corrected chi connectivity index (χ0v) is 13.1. The van der Waals surface area contributed by atoms with Crippen LogP contribution in [0.2, 0.25) is 0 Å². The second-order valence-corrected chi connectivity index (χ2v) is 5.81. The van der Waals surface area contributed by atoms with Crippen LogP contribution in [0.15, 0.2) is 36.4 Å². The number of phenols is 1. The summed E-state index contributed by atoms with van der Waals surface area (Å²) in [6.07, 6.45) is 0.656. The third-order valence-electron chi connectivity index (χ3n) is 4.32. The Kier molecular flexibility index (Phi) is 4.19. The molecule has 1 fully saturated rings. The number of nitrogens with zero attached hydrogens (tertiary/aromatic N) is 1. The number of phenolic OH excluding ortho intramolecular Hbond substituents is 1. The number of likely N-dealkylation sites (tertiary alicyclic amines) is 1. The Morgan fingerprint density at radius 2 is 2.04 bits per heavy atom. The first-order valence-electron chi connectivity index (χ1n) is 7.89. The number of aromatic hydroxyl groups is 1. The Bertz CT molecular complexity index is 757. The van der Waals surface area contributed by atoms with Gasteiger partial charge in [0.05, 0.1) is 11.5 Å². The Labute approximate surface area is 134 Å². The van der Waals surface area contributed by atoms with E-state index >= 15 is 0 Å². The molecule has 1 heterocycles. The van der Waals surface area contributed by atoms with Gasteiger partial charge in [0.2, 0.25) is 5.91 Å². The van der Waals surface area contributed by atoms with Gasteiger partial charge in [-0.25, -0.2) is 0 Å². The van der Waals surface area contributed by atoms with Crippen LogP contribution in [0.5, 0.6) is 5.75 Å². The van der Waals surface area contributed by atoms with Gasteiger partial charge in [-0.3, -0.25) is 9.59 Å². The molecule has 0 saturated carbocycles. The van der Waals surface area contributed by atoms with Crippen LogP contribution in [-0.4, -0.2) is 41.5 Å². The highest BCUT2D eigenvalue weighted by molar-refractivity contribution is 6.09. The van der Waals surface area contributed by atoms with E-state index in [0.717, 1.165) is 10.8 Å². The fraction of sp³-hybridized carbons (Fsp3) is 0.333. The maximum Gasteiger partial charge on any atom is 0.258 e. The highest BCUT2D eigenvalue weighted by Crippen LogP contribution is 2.30. The molecule has 0 spiro atoms. The van der Waals surface area contributed by atoms with E-state index in [1.165, 1.54) is 0 Å². The topological polar surface area (TPSA) is 69.6 Å². The third kappa shape index (κ3) is 2.86. The van der Waals surface area contributed by atoms with Crippen molar-refractivity contribution in [2.24, 2.45) is 5.92 Å². The van der Waals surface area contributed by atoms with Gasteiger partial charge in [0.25, 0.3) is 5.91 Å². The molecule has 2 aromatic carbocycles. The number of nitrogens with one attached hydrogen (secondary N) is 1. The summed E-state index contributed by atoms with van der Waals surface area (Å²) in [6, 6.07) is 10.8. The normalized spacial score (nSPS) is 17.4. The first-order chi connectivity index (χ1) is 11.1. The fourth-order valence-corrected chi connectivity index (χ4v) is 3.12. The number of benzene rings is 2. The van der Waals surface area contributed by atoms with Gasteiger partial charge in [0.1, 0.15) is 5.75 Å². The summed E-state index contributed by atoms with van der Waals surface area (Å²) >= 11 is 0. The summed E-state index contributed by atoms with van der Waals surface area (Å²) in [7, 11) is 0. The van der Waals surface area contributed by atoms with Crippen molar-refractivity contribution >= 4 is 22.6 Å². The number of rotatable bonds is 3. The molecule has 23 heavy (non-hydrogen) atoms. The fourth-order valence-electron chi connectivity index (χ4n) is 3.12. The number of carbonyl (C=O) groups is 2. The molecular formula is C18H20N2O3. The van der Waals surface area contributed by atoms with Crippen molar-refractivity contribution in [1.29, 1.82) is 0 Å². The Morgan fingerprint density at radius 1 is 1.26 bits per heavy atom. The highest BCUT2D eigenvalue weighted by Gasteiger charge is 2.32. The van der Waals surface area contributed by atoms with Gasteiger partial charge in [0.15, 0.2) is 0 Å². The van der Waals surface area contributed by atoms with Gasteiger partial charge in [-0.15, -0.1) is 0 Å². The van der Waals surface area contributed by atoms with Crippen molar-refractivity contribution in [3.63, 3.8) is 0 Å². The van der Waals surface area contributed by atoms with E-state index in [2.05, 4.69) is 5.32 Å². The van der Waals surface area contributed by atoms with Crippen molar-refractivity contribution < 1.29 is 14.7 Å². The molecule has 1 atom stereocenters. The van der Waals surface area contributed by atoms with Crippen LogP contribution in [0.3, 0.4) is 0 Å². The second kappa shape index (κ2) is 6.28. The summed E-state index contributed by atoms with van der Waals surface area (Å²) < 4.78 is 0. The summed E-state index contributed by atoms with van der Waals surface area (Å²) in [5.74, 6) is -0.415. The Balaban J connectivity index is 1.87. The van der Waals surface area contributed by atoms with Crippen LogP contribution >= 0.6 is 0 Å². The van der Waals surface area contributed by atoms with Crippen LogP contribution in [-0.2, 0) is 4.79 Å². The molecule has 0 aliphatic carbocycles. The zero-order chi connectivity index (χ0) is 16.4. The van der Waals surface area contributed by atoms with Crippen LogP contribution in [0.25, 0.3) is 10.8 Å². The van der Waals surface area contributed by atoms with Gasteiger partial charge in [-0.1, -0.05) is 30.3 Å². The maximum absolute atomic E-state index is 12.8. The minimum Gasteiger partial charge on any atom is -0.507 e.